The van der Waals surface area contributed by atoms with Crippen LogP contribution >= 0.6 is 11.8 Å². The van der Waals surface area contributed by atoms with Crippen molar-refractivity contribution in [3.63, 3.8) is 0 Å². The van der Waals surface area contributed by atoms with E-state index in [2.05, 4.69) is 27.0 Å². The highest BCUT2D eigenvalue weighted by molar-refractivity contribution is 8.00. The van der Waals surface area contributed by atoms with Gasteiger partial charge in [-0.25, -0.2) is 0 Å². The van der Waals surface area contributed by atoms with E-state index in [0.29, 0.717) is 6.54 Å². The van der Waals surface area contributed by atoms with Crippen molar-refractivity contribution in [1.82, 2.24) is 20.4 Å². The summed E-state index contributed by atoms with van der Waals surface area (Å²) < 4.78 is 7.59. The predicted octanol–water partition coefficient (Wildman–Crippen LogP) is 0.997. The van der Waals surface area contributed by atoms with E-state index in [1.807, 2.05) is 29.6 Å². The van der Waals surface area contributed by atoms with E-state index in [0.717, 1.165) is 44.3 Å². The third-order valence-electron chi connectivity index (χ3n) is 4.00. The first-order valence-corrected chi connectivity index (χ1v) is 8.46. The highest BCUT2D eigenvalue weighted by Gasteiger charge is 2.31. The van der Waals surface area contributed by atoms with Crippen LogP contribution in [0.1, 0.15) is 18.5 Å². The fourth-order valence-corrected chi connectivity index (χ4v) is 3.20. The first-order valence-electron chi connectivity index (χ1n) is 7.23. The summed E-state index contributed by atoms with van der Waals surface area (Å²) in [5.41, 5.74) is 1.13. The van der Waals surface area contributed by atoms with Crippen LogP contribution in [0.3, 0.4) is 0 Å². The van der Waals surface area contributed by atoms with E-state index in [-0.39, 0.29) is 4.75 Å². The highest BCUT2D eigenvalue weighted by Crippen LogP contribution is 2.32. The summed E-state index contributed by atoms with van der Waals surface area (Å²) in [6, 6.07) is 2.00. The molecule has 0 bridgehead atoms. The molecule has 0 saturated carbocycles. The number of hydrogen-bond donors (Lipinski definition) is 2. The van der Waals surface area contributed by atoms with Gasteiger partial charge in [-0.3, -0.25) is 9.67 Å². The number of rotatable bonds is 5. The van der Waals surface area contributed by atoms with E-state index >= 15 is 0 Å². The van der Waals surface area contributed by atoms with Gasteiger partial charge in [0.2, 0.25) is 0 Å². The van der Waals surface area contributed by atoms with Gasteiger partial charge < -0.3 is 15.4 Å². The maximum atomic E-state index is 5.47. The van der Waals surface area contributed by atoms with Crippen LogP contribution in [0.4, 0.5) is 0 Å². The molecule has 0 aromatic carbocycles. The third-order valence-corrected chi connectivity index (χ3v) is 5.42. The molecule has 1 aliphatic rings. The van der Waals surface area contributed by atoms with Crippen molar-refractivity contribution in [2.75, 3.05) is 33.1 Å². The minimum Gasteiger partial charge on any atom is -0.381 e. The Kier molecular flexibility index (Phi) is 5.93. The molecule has 2 heterocycles. The van der Waals surface area contributed by atoms with Gasteiger partial charge in [0, 0.05) is 44.8 Å². The van der Waals surface area contributed by atoms with Crippen LogP contribution in [0.25, 0.3) is 0 Å². The summed E-state index contributed by atoms with van der Waals surface area (Å²) in [4.78, 5) is 4.29. The van der Waals surface area contributed by atoms with Crippen LogP contribution in [0.5, 0.6) is 0 Å². The summed E-state index contributed by atoms with van der Waals surface area (Å²) in [5, 5.41) is 10.9. The number of guanidine groups is 1. The second kappa shape index (κ2) is 7.70. The Morgan fingerprint density at radius 1 is 1.48 bits per heavy atom. The zero-order valence-corrected chi connectivity index (χ0v) is 13.9. The van der Waals surface area contributed by atoms with E-state index in [1.54, 1.807) is 13.2 Å². The van der Waals surface area contributed by atoms with Gasteiger partial charge in [-0.1, -0.05) is 0 Å². The van der Waals surface area contributed by atoms with Crippen LogP contribution in [-0.4, -0.2) is 53.5 Å². The Balaban J connectivity index is 1.83. The number of nitrogens with zero attached hydrogens (tertiary/aromatic N) is 3. The molecule has 0 aliphatic carbocycles. The largest absolute Gasteiger partial charge is 0.381 e. The minimum atomic E-state index is 0.252. The highest BCUT2D eigenvalue weighted by atomic mass is 32.2. The van der Waals surface area contributed by atoms with Crippen LogP contribution in [0.15, 0.2) is 17.3 Å². The lowest BCUT2D eigenvalue weighted by molar-refractivity contribution is 0.0783. The topological polar surface area (TPSA) is 63.5 Å². The van der Waals surface area contributed by atoms with Gasteiger partial charge in [0.15, 0.2) is 5.96 Å². The lowest BCUT2D eigenvalue weighted by Gasteiger charge is -2.36. The molecule has 1 saturated heterocycles. The second-order valence-corrected chi connectivity index (χ2v) is 6.50. The van der Waals surface area contributed by atoms with Crippen molar-refractivity contribution in [2.24, 2.45) is 12.0 Å². The van der Waals surface area contributed by atoms with Gasteiger partial charge in [0.1, 0.15) is 0 Å². The van der Waals surface area contributed by atoms with Crippen molar-refractivity contribution >= 4 is 17.7 Å². The summed E-state index contributed by atoms with van der Waals surface area (Å²) >= 11 is 1.92. The van der Waals surface area contributed by atoms with Crippen LogP contribution < -0.4 is 10.6 Å². The number of nitrogens with one attached hydrogen (secondary N) is 2. The summed E-state index contributed by atoms with van der Waals surface area (Å²) in [5.74, 6) is 0.830. The molecule has 2 rings (SSSR count). The van der Waals surface area contributed by atoms with Gasteiger partial charge in [-0.05, 0) is 25.2 Å². The fourth-order valence-electron chi connectivity index (χ4n) is 2.41. The van der Waals surface area contributed by atoms with E-state index in [9.17, 15) is 0 Å². The molecule has 0 amide bonds. The summed E-state index contributed by atoms with van der Waals surface area (Å²) in [6.45, 7) is 3.32. The van der Waals surface area contributed by atoms with Crippen LogP contribution in [-0.2, 0) is 18.3 Å². The van der Waals surface area contributed by atoms with Gasteiger partial charge in [0.05, 0.1) is 12.2 Å². The minimum absolute atomic E-state index is 0.252. The molecule has 0 spiro atoms. The van der Waals surface area contributed by atoms with Crippen LogP contribution in [0, 0.1) is 0 Å². The summed E-state index contributed by atoms with van der Waals surface area (Å²) in [7, 11) is 3.74. The van der Waals surface area contributed by atoms with Crippen molar-refractivity contribution in [2.45, 2.75) is 24.1 Å². The monoisotopic (exact) mass is 311 g/mol. The molecule has 6 nitrogen and oxygen atoms in total. The Hall–Kier alpha value is -1.21. The maximum Gasteiger partial charge on any atom is 0.191 e. The number of hydrogen-bond acceptors (Lipinski definition) is 4. The maximum absolute atomic E-state index is 5.47. The molecule has 1 aromatic rings. The molecule has 2 N–H and O–H groups in total. The number of aryl methyl sites for hydroxylation is 1. The zero-order valence-electron chi connectivity index (χ0n) is 13.1. The molecule has 0 radical (unpaired) electrons. The van der Waals surface area contributed by atoms with Crippen molar-refractivity contribution in [1.29, 1.82) is 0 Å². The van der Waals surface area contributed by atoms with Gasteiger partial charge >= 0.3 is 0 Å². The van der Waals surface area contributed by atoms with E-state index in [4.69, 9.17) is 4.74 Å². The Morgan fingerprint density at radius 3 is 2.81 bits per heavy atom. The Labute approximate surface area is 130 Å². The number of aliphatic imine (C=N–C) groups is 1. The van der Waals surface area contributed by atoms with Crippen molar-refractivity contribution in [3.8, 4) is 0 Å². The quantitative estimate of drug-likeness (QED) is 0.627. The SMILES string of the molecule is CN=C(NCc1ccnn1C)NCC1(SC)CCOCC1. The van der Waals surface area contributed by atoms with E-state index in [1.165, 1.54) is 0 Å². The molecule has 1 aliphatic heterocycles. The van der Waals surface area contributed by atoms with Crippen molar-refractivity contribution in [3.05, 3.63) is 18.0 Å². The molecule has 118 valence electrons. The number of thioether (sulfide) groups is 1. The van der Waals surface area contributed by atoms with Crippen molar-refractivity contribution < 1.29 is 4.74 Å². The summed E-state index contributed by atoms with van der Waals surface area (Å²) in [6.07, 6.45) is 6.15. The fraction of sp³-hybridized carbons (Fsp3) is 0.714. The predicted molar refractivity (Wildman–Crippen MR) is 87.7 cm³/mol. The number of aromatic nitrogens is 2. The Morgan fingerprint density at radius 2 is 2.24 bits per heavy atom. The smallest absolute Gasteiger partial charge is 0.191 e. The van der Waals surface area contributed by atoms with E-state index < -0.39 is 0 Å². The average molecular weight is 311 g/mol. The van der Waals surface area contributed by atoms with Gasteiger partial charge in [0.25, 0.3) is 0 Å². The number of ether oxygens (including phenoxy) is 1. The Bertz CT molecular complexity index is 468. The first-order chi connectivity index (χ1) is 10.2. The van der Waals surface area contributed by atoms with Gasteiger partial charge in [-0.2, -0.15) is 16.9 Å². The molecule has 7 heteroatoms. The molecule has 1 aromatic heterocycles. The van der Waals surface area contributed by atoms with Crippen LogP contribution in [0.2, 0.25) is 0 Å². The zero-order chi connectivity index (χ0) is 15.1. The lowest BCUT2D eigenvalue weighted by atomic mass is 9.99. The molecule has 0 unspecified atom stereocenters. The average Bonchev–Trinajstić information content (AvgIpc) is 2.94. The van der Waals surface area contributed by atoms with Gasteiger partial charge in [-0.15, -0.1) is 0 Å². The second-order valence-electron chi connectivity index (χ2n) is 5.22. The normalized spacial score (nSPS) is 18.5. The molecule has 1 fully saturated rings. The molecule has 0 atom stereocenters. The first kappa shape index (κ1) is 16.2. The molecular weight excluding hydrogens is 286 g/mol. The molecular formula is C14H25N5OS. The standard InChI is InChI=1S/C14H25N5OS/c1-15-13(16-10-12-4-7-18-19(12)2)17-11-14(21-3)5-8-20-9-6-14/h4,7H,5-6,8-11H2,1-3H3,(H2,15,16,17). The molecule has 21 heavy (non-hydrogen) atoms. The third kappa shape index (κ3) is 4.38. The lowest BCUT2D eigenvalue weighted by Crippen LogP contribution is -2.47.